The van der Waals surface area contributed by atoms with E-state index in [0.717, 1.165) is 24.8 Å². The number of Topliss-reactive ketones (excluding diaryl/α,β-unsaturated/α-hetero) is 1. The largest absolute Gasteiger partial charge is 0.363 e. The van der Waals surface area contributed by atoms with Gasteiger partial charge in [0, 0.05) is 31.6 Å². The maximum Gasteiger partial charge on any atom is 0.315 e. The van der Waals surface area contributed by atoms with Crippen LogP contribution in [0.3, 0.4) is 0 Å². The van der Waals surface area contributed by atoms with Crippen LogP contribution in [0, 0.1) is 22.7 Å². The zero-order valence-electron chi connectivity index (χ0n) is 29.9. The van der Waals surface area contributed by atoms with E-state index in [4.69, 9.17) is 5.73 Å². The Balaban J connectivity index is 1.90. The van der Waals surface area contributed by atoms with Crippen molar-refractivity contribution in [2.45, 2.75) is 112 Å². The fourth-order valence-electron chi connectivity index (χ4n) is 6.43. The minimum Gasteiger partial charge on any atom is -0.363 e. The molecule has 0 aromatic rings. The van der Waals surface area contributed by atoms with Gasteiger partial charge in [-0.05, 0) is 49.0 Å². The minimum atomic E-state index is -3.40. The molecule has 1 aliphatic carbocycles. The van der Waals surface area contributed by atoms with Crippen LogP contribution < -0.4 is 21.7 Å². The van der Waals surface area contributed by atoms with Gasteiger partial charge in [0.15, 0.2) is 0 Å². The highest BCUT2D eigenvalue weighted by molar-refractivity contribution is 7.89. The smallest absolute Gasteiger partial charge is 0.315 e. The number of hydrogen-bond donors (Lipinski definition) is 4. The molecule has 48 heavy (non-hydrogen) atoms. The molecule has 3 rings (SSSR count). The lowest BCUT2D eigenvalue weighted by atomic mass is 9.80. The first-order valence-electron chi connectivity index (χ1n) is 16.8. The van der Waals surface area contributed by atoms with Crippen molar-refractivity contribution < 1.29 is 32.4 Å². The SMILES string of the molecule is C=C1CN(C(=O)[C@@H](NC(=O)N[C@H](CN2CCCS2(=O)=O)C(C)(C)C)C(C)(C)C)[C@H](C(=O)NC(CC2CCC2)C(=O)C(N)=O)C1C=C(C)C. The van der Waals surface area contributed by atoms with Crippen LogP contribution in [0.5, 0.6) is 0 Å². The van der Waals surface area contributed by atoms with Gasteiger partial charge in [-0.3, -0.25) is 19.2 Å². The van der Waals surface area contributed by atoms with Crippen LogP contribution in [-0.2, 0) is 29.2 Å². The number of amides is 5. The Morgan fingerprint density at radius 3 is 2.06 bits per heavy atom. The van der Waals surface area contributed by atoms with E-state index < -0.39 is 80.5 Å². The van der Waals surface area contributed by atoms with Gasteiger partial charge in [-0.25, -0.2) is 13.2 Å². The maximum atomic E-state index is 14.4. The zero-order chi connectivity index (χ0) is 36.4. The van der Waals surface area contributed by atoms with Gasteiger partial charge in [-0.2, -0.15) is 4.31 Å². The molecule has 14 heteroatoms. The molecule has 0 aromatic heterocycles. The molecular weight excluding hydrogens is 636 g/mol. The molecule has 5 N–H and O–H groups in total. The number of allylic oxidation sites excluding steroid dienone is 1. The summed E-state index contributed by atoms with van der Waals surface area (Å²) in [6.07, 6.45) is 5.43. The van der Waals surface area contributed by atoms with E-state index >= 15 is 0 Å². The molecule has 0 bridgehead atoms. The second-order valence-electron chi connectivity index (χ2n) is 16.0. The Kier molecular flexibility index (Phi) is 12.3. The number of primary amides is 1. The second-order valence-corrected chi connectivity index (χ2v) is 18.1. The number of likely N-dealkylation sites (tertiary alicyclic amines) is 1. The average molecular weight is 693 g/mol. The van der Waals surface area contributed by atoms with E-state index in [1.807, 2.05) is 40.7 Å². The lowest BCUT2D eigenvalue weighted by Crippen LogP contribution is -2.62. The van der Waals surface area contributed by atoms with Crippen molar-refractivity contribution in [3.8, 4) is 0 Å². The molecule has 0 radical (unpaired) electrons. The molecule has 0 aromatic carbocycles. The predicted octanol–water partition coefficient (Wildman–Crippen LogP) is 2.23. The minimum absolute atomic E-state index is 0.0374. The van der Waals surface area contributed by atoms with E-state index in [1.54, 1.807) is 20.8 Å². The zero-order valence-corrected chi connectivity index (χ0v) is 30.7. The highest BCUT2D eigenvalue weighted by atomic mass is 32.2. The van der Waals surface area contributed by atoms with Crippen LogP contribution in [0.25, 0.3) is 0 Å². The quantitative estimate of drug-likeness (QED) is 0.178. The van der Waals surface area contributed by atoms with Crippen molar-refractivity contribution in [2.24, 2.45) is 28.4 Å². The standard InChI is InChI=1S/C34H56N6O7S/c1-20(2)16-23-21(3)18-40(26(23)30(43)36-24(27(41)29(35)42)17-22-12-10-13-22)31(44)28(34(7,8)9)38-32(45)37-25(33(4,5)6)19-39-14-11-15-48(39,46)47/h16,22-26,28H,3,10-15,17-19H2,1-2,4-9H3,(H2,35,42)(H,36,43)(H2,37,38,45)/t23?,24?,25-,26+,28-/m1/s1. The molecule has 2 saturated heterocycles. The summed E-state index contributed by atoms with van der Waals surface area (Å²) in [5.74, 6) is -3.48. The average Bonchev–Trinajstić information content (AvgIpc) is 3.43. The summed E-state index contributed by atoms with van der Waals surface area (Å²) in [7, 11) is -3.40. The van der Waals surface area contributed by atoms with Crippen LogP contribution in [0.2, 0.25) is 0 Å². The third-order valence-electron chi connectivity index (χ3n) is 9.58. The number of carbonyl (C=O) groups is 5. The number of nitrogens with one attached hydrogen (secondary N) is 3. The third kappa shape index (κ3) is 9.67. The number of ketones is 1. The van der Waals surface area contributed by atoms with Crippen molar-refractivity contribution in [1.82, 2.24) is 25.2 Å². The topological polar surface area (TPSA) is 188 Å². The van der Waals surface area contributed by atoms with Gasteiger partial charge in [0.05, 0.1) is 11.8 Å². The van der Waals surface area contributed by atoms with Gasteiger partial charge in [0.2, 0.25) is 27.6 Å². The Labute approximate surface area is 285 Å². The van der Waals surface area contributed by atoms with Crippen molar-refractivity contribution in [2.75, 3.05) is 25.4 Å². The maximum absolute atomic E-state index is 14.4. The van der Waals surface area contributed by atoms with Crippen LogP contribution in [0.1, 0.15) is 87.5 Å². The third-order valence-corrected chi connectivity index (χ3v) is 11.5. The predicted molar refractivity (Wildman–Crippen MR) is 184 cm³/mol. The lowest BCUT2D eigenvalue weighted by molar-refractivity contribution is -0.144. The van der Waals surface area contributed by atoms with Crippen LogP contribution in [0.15, 0.2) is 23.8 Å². The molecule has 3 aliphatic rings. The van der Waals surface area contributed by atoms with Gasteiger partial charge < -0.3 is 26.6 Å². The summed E-state index contributed by atoms with van der Waals surface area (Å²) in [4.78, 5) is 68.1. The summed E-state index contributed by atoms with van der Waals surface area (Å²) >= 11 is 0. The van der Waals surface area contributed by atoms with Crippen molar-refractivity contribution in [3.63, 3.8) is 0 Å². The summed E-state index contributed by atoms with van der Waals surface area (Å²) in [6, 6.07) is -4.52. The number of urea groups is 1. The first kappa shape index (κ1) is 39.2. The molecular formula is C34H56N6O7S. The van der Waals surface area contributed by atoms with Gasteiger partial charge >= 0.3 is 6.03 Å². The van der Waals surface area contributed by atoms with Crippen LogP contribution in [0.4, 0.5) is 4.79 Å². The van der Waals surface area contributed by atoms with Gasteiger partial charge in [-0.1, -0.05) is 79.0 Å². The van der Waals surface area contributed by atoms with Crippen molar-refractivity contribution in [1.29, 1.82) is 0 Å². The monoisotopic (exact) mass is 692 g/mol. The highest BCUT2D eigenvalue weighted by Crippen LogP contribution is 2.35. The normalized spacial score (nSPS) is 23.4. The Morgan fingerprint density at radius 2 is 1.60 bits per heavy atom. The Morgan fingerprint density at radius 1 is 0.979 bits per heavy atom. The van der Waals surface area contributed by atoms with E-state index in [9.17, 15) is 32.4 Å². The van der Waals surface area contributed by atoms with Gasteiger partial charge in [-0.15, -0.1) is 0 Å². The van der Waals surface area contributed by atoms with E-state index in [2.05, 4.69) is 22.5 Å². The summed E-state index contributed by atoms with van der Waals surface area (Å²) in [6.45, 7) is 19.5. The van der Waals surface area contributed by atoms with Crippen LogP contribution >= 0.6 is 0 Å². The first-order chi connectivity index (χ1) is 22.0. The molecule has 2 aliphatic heterocycles. The number of carbonyl (C=O) groups excluding carboxylic acids is 5. The van der Waals surface area contributed by atoms with Crippen molar-refractivity contribution >= 4 is 39.6 Å². The van der Waals surface area contributed by atoms with Crippen molar-refractivity contribution in [3.05, 3.63) is 23.8 Å². The number of hydrogen-bond acceptors (Lipinski definition) is 7. The molecule has 5 atom stereocenters. The summed E-state index contributed by atoms with van der Waals surface area (Å²) in [5.41, 5.74) is 5.52. The number of sulfonamides is 1. The fourth-order valence-corrected chi connectivity index (χ4v) is 7.97. The molecule has 1 saturated carbocycles. The number of rotatable bonds is 12. The molecule has 5 amide bonds. The summed E-state index contributed by atoms with van der Waals surface area (Å²) in [5, 5.41) is 8.48. The van der Waals surface area contributed by atoms with Gasteiger partial charge in [0.25, 0.3) is 5.91 Å². The second kappa shape index (κ2) is 15.1. The molecule has 2 unspecified atom stereocenters. The lowest BCUT2D eigenvalue weighted by Gasteiger charge is -2.38. The molecule has 13 nitrogen and oxygen atoms in total. The molecule has 2 heterocycles. The van der Waals surface area contributed by atoms with E-state index in [0.29, 0.717) is 18.5 Å². The fraction of sp³-hybridized carbons (Fsp3) is 0.735. The molecule has 3 fully saturated rings. The molecule has 0 spiro atoms. The van der Waals surface area contributed by atoms with Crippen LogP contribution in [-0.4, -0.2) is 96.7 Å². The molecule has 270 valence electrons. The Hall–Kier alpha value is -3.26. The van der Waals surface area contributed by atoms with E-state index in [1.165, 1.54) is 9.21 Å². The number of nitrogens with zero attached hydrogens (tertiary/aromatic N) is 2. The highest BCUT2D eigenvalue weighted by Gasteiger charge is 2.48. The van der Waals surface area contributed by atoms with Gasteiger partial charge in [0.1, 0.15) is 12.1 Å². The summed E-state index contributed by atoms with van der Waals surface area (Å²) < 4.78 is 26.5. The Bertz CT molecular complexity index is 1420. The van der Waals surface area contributed by atoms with E-state index in [-0.39, 0.29) is 31.2 Å². The first-order valence-corrected chi connectivity index (χ1v) is 18.5. The number of nitrogens with two attached hydrogens (primary N) is 1.